The number of amides is 1. The summed E-state index contributed by atoms with van der Waals surface area (Å²) in [6, 6.07) is 10.3. The minimum absolute atomic E-state index is 0.178. The number of aromatic amines is 1. The summed E-state index contributed by atoms with van der Waals surface area (Å²) in [5.74, 6) is 1.42. The first kappa shape index (κ1) is 19.7. The van der Waals surface area contributed by atoms with Crippen LogP contribution in [0.3, 0.4) is 0 Å². The topological polar surface area (TPSA) is 111 Å². The van der Waals surface area contributed by atoms with Crippen LogP contribution in [0.5, 0.6) is 11.5 Å². The van der Waals surface area contributed by atoms with Gasteiger partial charge in [0.2, 0.25) is 0 Å². The maximum atomic E-state index is 12.5. The van der Waals surface area contributed by atoms with Gasteiger partial charge in [0, 0.05) is 24.1 Å². The van der Waals surface area contributed by atoms with Crippen LogP contribution in [0.4, 0.5) is 0 Å². The van der Waals surface area contributed by atoms with Crippen molar-refractivity contribution in [2.24, 2.45) is 0 Å². The van der Waals surface area contributed by atoms with Crippen LogP contribution in [0.25, 0.3) is 11.3 Å². The van der Waals surface area contributed by atoms with Crippen LogP contribution >= 0.6 is 0 Å². The predicted molar refractivity (Wildman–Crippen MR) is 110 cm³/mol. The van der Waals surface area contributed by atoms with E-state index in [4.69, 9.17) is 9.47 Å². The number of nitrogens with one attached hydrogen (secondary N) is 2. The van der Waals surface area contributed by atoms with Gasteiger partial charge in [-0.3, -0.25) is 14.7 Å². The Hall–Kier alpha value is -3.62. The van der Waals surface area contributed by atoms with Gasteiger partial charge in [-0.25, -0.2) is 4.68 Å². The number of carbonyl (C=O) groups is 1. The second-order valence-electron chi connectivity index (χ2n) is 7.08. The first-order chi connectivity index (χ1) is 14.6. The monoisotopic (exact) mass is 409 g/mol. The number of H-pyrrole nitrogens is 1. The number of aromatic nitrogens is 4. The molecule has 156 valence electrons. The molecule has 0 unspecified atom stereocenters. The third kappa shape index (κ3) is 4.19. The molecule has 30 heavy (non-hydrogen) atoms. The molecule has 1 aliphatic carbocycles. The maximum Gasteiger partial charge on any atom is 0.269 e. The molecule has 9 heteroatoms. The number of nitrogens with zero attached hydrogens (tertiary/aromatic N) is 3. The number of carbonyl (C=O) groups excluding carboxylic acids is 1. The van der Waals surface area contributed by atoms with Crippen molar-refractivity contribution in [1.82, 2.24) is 25.3 Å². The van der Waals surface area contributed by atoms with Crippen molar-refractivity contribution in [3.63, 3.8) is 0 Å². The van der Waals surface area contributed by atoms with Crippen LogP contribution in [-0.4, -0.2) is 46.6 Å². The lowest BCUT2D eigenvalue weighted by molar-refractivity contribution is 0.0946. The van der Waals surface area contributed by atoms with E-state index in [1.807, 2.05) is 0 Å². The highest BCUT2D eigenvalue weighted by Crippen LogP contribution is 2.38. The van der Waals surface area contributed by atoms with E-state index in [1.165, 1.54) is 10.7 Å². The minimum Gasteiger partial charge on any atom is -0.497 e. The Labute approximate surface area is 173 Å². The summed E-state index contributed by atoms with van der Waals surface area (Å²) in [7, 11) is 3.15. The maximum absolute atomic E-state index is 12.5. The van der Waals surface area contributed by atoms with Crippen molar-refractivity contribution in [1.29, 1.82) is 0 Å². The standard InChI is InChI=1S/C21H23N5O4/c1-29-14-5-7-19(30-2)15(11-14)17-12-18(24-23-17)21(28)22-9-10-26-20(27)8-6-16(25-26)13-3-4-13/h5-8,11-13H,3-4,9-10H2,1-2H3,(H,22,28)(H,23,24). The van der Waals surface area contributed by atoms with Crippen molar-refractivity contribution in [3.8, 4) is 22.8 Å². The van der Waals surface area contributed by atoms with E-state index in [9.17, 15) is 9.59 Å². The molecule has 0 spiro atoms. The molecular formula is C21H23N5O4. The lowest BCUT2D eigenvalue weighted by Crippen LogP contribution is -2.32. The van der Waals surface area contributed by atoms with E-state index in [1.54, 1.807) is 44.6 Å². The van der Waals surface area contributed by atoms with Gasteiger partial charge in [0.15, 0.2) is 0 Å². The van der Waals surface area contributed by atoms with Crippen molar-refractivity contribution >= 4 is 5.91 Å². The lowest BCUT2D eigenvalue weighted by atomic mass is 10.1. The zero-order chi connectivity index (χ0) is 21.1. The molecule has 0 radical (unpaired) electrons. The molecule has 9 nitrogen and oxygen atoms in total. The number of rotatable bonds is 8. The van der Waals surface area contributed by atoms with Crippen LogP contribution < -0.4 is 20.3 Å². The van der Waals surface area contributed by atoms with Crippen LogP contribution in [0.2, 0.25) is 0 Å². The second-order valence-corrected chi connectivity index (χ2v) is 7.08. The molecule has 0 bridgehead atoms. The minimum atomic E-state index is -0.318. The van der Waals surface area contributed by atoms with Gasteiger partial charge in [-0.2, -0.15) is 10.2 Å². The molecule has 1 saturated carbocycles. The summed E-state index contributed by atoms with van der Waals surface area (Å²) in [6.07, 6.45) is 2.23. The zero-order valence-electron chi connectivity index (χ0n) is 16.8. The summed E-state index contributed by atoms with van der Waals surface area (Å²) < 4.78 is 12.0. The molecular weight excluding hydrogens is 386 g/mol. The molecule has 4 rings (SSSR count). The molecule has 0 saturated heterocycles. The average Bonchev–Trinajstić information content (AvgIpc) is 3.50. The highest BCUT2D eigenvalue weighted by Gasteiger charge is 2.25. The molecule has 1 aromatic carbocycles. The number of hydrogen-bond donors (Lipinski definition) is 2. The van der Waals surface area contributed by atoms with Gasteiger partial charge in [0.05, 0.1) is 32.2 Å². The fraction of sp³-hybridized carbons (Fsp3) is 0.333. The van der Waals surface area contributed by atoms with Crippen molar-refractivity contribution < 1.29 is 14.3 Å². The molecule has 2 N–H and O–H groups in total. The summed E-state index contributed by atoms with van der Waals surface area (Å²) in [5.41, 5.74) is 2.33. The quantitative estimate of drug-likeness (QED) is 0.588. The number of hydrogen-bond acceptors (Lipinski definition) is 6. The highest BCUT2D eigenvalue weighted by molar-refractivity contribution is 5.93. The molecule has 0 atom stereocenters. The van der Waals surface area contributed by atoms with Crippen LogP contribution in [0, 0.1) is 0 Å². The highest BCUT2D eigenvalue weighted by atomic mass is 16.5. The number of methoxy groups -OCH3 is 2. The van der Waals surface area contributed by atoms with Crippen LogP contribution in [0.1, 0.15) is 34.9 Å². The van der Waals surface area contributed by atoms with Crippen molar-refractivity contribution in [2.45, 2.75) is 25.3 Å². The number of ether oxygens (including phenoxy) is 2. The third-order valence-electron chi connectivity index (χ3n) is 5.00. The van der Waals surface area contributed by atoms with E-state index < -0.39 is 0 Å². The Balaban J connectivity index is 1.42. The Kier molecular flexibility index (Phi) is 5.51. The van der Waals surface area contributed by atoms with Gasteiger partial charge in [-0.1, -0.05) is 0 Å². The Bertz CT molecular complexity index is 1120. The van der Waals surface area contributed by atoms with E-state index >= 15 is 0 Å². The first-order valence-corrected chi connectivity index (χ1v) is 9.73. The third-order valence-corrected chi connectivity index (χ3v) is 5.00. The second kappa shape index (κ2) is 8.40. The predicted octanol–water partition coefficient (Wildman–Crippen LogP) is 1.96. The van der Waals surface area contributed by atoms with E-state index in [2.05, 4.69) is 20.6 Å². The molecule has 1 aliphatic rings. The fourth-order valence-corrected chi connectivity index (χ4v) is 3.18. The molecule has 3 aromatic rings. The van der Waals surface area contributed by atoms with Gasteiger partial charge >= 0.3 is 0 Å². The summed E-state index contributed by atoms with van der Waals surface area (Å²) in [6.45, 7) is 0.576. The van der Waals surface area contributed by atoms with Gasteiger partial charge in [-0.15, -0.1) is 0 Å². The molecule has 0 aliphatic heterocycles. The first-order valence-electron chi connectivity index (χ1n) is 9.73. The number of benzene rings is 1. The summed E-state index contributed by atoms with van der Waals surface area (Å²) >= 11 is 0. The van der Waals surface area contributed by atoms with Gasteiger partial charge in [-0.05, 0) is 43.2 Å². The molecule has 1 fully saturated rings. The Morgan fingerprint density at radius 1 is 1.20 bits per heavy atom. The zero-order valence-corrected chi connectivity index (χ0v) is 16.8. The molecule has 2 aromatic heterocycles. The van der Waals surface area contributed by atoms with Crippen molar-refractivity contribution in [3.05, 3.63) is 58.1 Å². The molecule has 1 amide bonds. The largest absolute Gasteiger partial charge is 0.497 e. The van der Waals surface area contributed by atoms with Gasteiger partial charge in [0.1, 0.15) is 17.2 Å². The SMILES string of the molecule is COc1ccc(OC)c(-c2cc(C(=O)NCCn3nc(C4CC4)ccc3=O)[nH]n2)c1. The normalized spacial score (nSPS) is 13.1. The van der Waals surface area contributed by atoms with E-state index in [-0.39, 0.29) is 18.0 Å². The smallest absolute Gasteiger partial charge is 0.269 e. The fourth-order valence-electron chi connectivity index (χ4n) is 3.18. The van der Waals surface area contributed by atoms with Crippen molar-refractivity contribution in [2.75, 3.05) is 20.8 Å². The Morgan fingerprint density at radius 2 is 2.03 bits per heavy atom. The van der Waals surface area contributed by atoms with Crippen LogP contribution in [0.15, 0.2) is 41.2 Å². The summed E-state index contributed by atoms with van der Waals surface area (Å²) in [5, 5.41) is 14.1. The van der Waals surface area contributed by atoms with Crippen LogP contribution in [-0.2, 0) is 6.54 Å². The average molecular weight is 409 g/mol. The van der Waals surface area contributed by atoms with E-state index in [0.29, 0.717) is 40.9 Å². The molecule has 2 heterocycles. The van der Waals surface area contributed by atoms with Gasteiger partial charge < -0.3 is 14.8 Å². The lowest BCUT2D eigenvalue weighted by Gasteiger charge is -2.08. The van der Waals surface area contributed by atoms with E-state index in [0.717, 1.165) is 18.5 Å². The van der Waals surface area contributed by atoms with Gasteiger partial charge in [0.25, 0.3) is 11.5 Å². The Morgan fingerprint density at radius 3 is 2.77 bits per heavy atom. The summed E-state index contributed by atoms with van der Waals surface area (Å²) in [4.78, 5) is 24.5.